The Bertz CT molecular complexity index is 986. The Morgan fingerprint density at radius 1 is 1.15 bits per heavy atom. The summed E-state index contributed by atoms with van der Waals surface area (Å²) in [4.78, 5) is 12.4. The molecule has 140 valence electrons. The molecule has 2 aromatic rings. The van der Waals surface area contributed by atoms with Crippen LogP contribution in [0.1, 0.15) is 24.0 Å². The third-order valence-electron chi connectivity index (χ3n) is 4.78. The Balaban J connectivity index is 1.63. The summed E-state index contributed by atoms with van der Waals surface area (Å²) in [6, 6.07) is 16.0. The molecule has 0 atom stereocenters. The number of carbonyl (C=O) groups excluding carboxylic acids is 1. The van der Waals surface area contributed by atoms with Crippen molar-refractivity contribution in [3.63, 3.8) is 0 Å². The number of rotatable bonds is 6. The average Bonchev–Trinajstić information content (AvgIpc) is 3.44. The minimum absolute atomic E-state index is 0.152. The first-order chi connectivity index (χ1) is 12.8. The quantitative estimate of drug-likeness (QED) is 0.830. The topological polar surface area (TPSA) is 90.3 Å². The van der Waals surface area contributed by atoms with Crippen LogP contribution < -0.4 is 5.32 Å². The fourth-order valence-electron chi connectivity index (χ4n) is 2.84. The molecule has 0 radical (unpaired) electrons. The molecule has 0 aromatic heterocycles. The molecule has 1 aliphatic rings. The zero-order valence-corrected chi connectivity index (χ0v) is 16.1. The lowest BCUT2D eigenvalue weighted by Crippen LogP contribution is -2.34. The summed E-state index contributed by atoms with van der Waals surface area (Å²) in [6.07, 6.45) is 1.72. The van der Waals surface area contributed by atoms with Gasteiger partial charge in [0.1, 0.15) is 0 Å². The van der Waals surface area contributed by atoms with Gasteiger partial charge < -0.3 is 5.32 Å². The second kappa shape index (κ2) is 7.14. The van der Waals surface area contributed by atoms with Crippen molar-refractivity contribution in [2.24, 2.45) is 0 Å². The summed E-state index contributed by atoms with van der Waals surface area (Å²) in [7, 11) is -2.35. The van der Waals surface area contributed by atoms with Crippen LogP contribution in [-0.2, 0) is 20.2 Å². The molecule has 1 amide bonds. The summed E-state index contributed by atoms with van der Waals surface area (Å²) in [5.74, 6) is -0.428. The van der Waals surface area contributed by atoms with Gasteiger partial charge in [0.25, 0.3) is 0 Å². The van der Waals surface area contributed by atoms with Crippen LogP contribution in [-0.4, -0.2) is 32.2 Å². The fourth-order valence-corrected chi connectivity index (χ4v) is 3.97. The summed E-state index contributed by atoms with van der Waals surface area (Å²) in [6.45, 7) is 1.58. The SMILES string of the molecule is Cc1ccc(S(=O)(=O)N(C)CC(=O)Nc2ccc(C3(C#N)CC3)cc2)cc1. The number of likely N-dealkylation sites (N-methyl/N-ethyl adjacent to an activating group) is 1. The number of hydrogen-bond acceptors (Lipinski definition) is 4. The minimum atomic E-state index is -3.73. The Morgan fingerprint density at radius 2 is 1.74 bits per heavy atom. The number of carbonyl (C=O) groups is 1. The highest BCUT2D eigenvalue weighted by molar-refractivity contribution is 7.89. The number of nitrogens with zero attached hydrogens (tertiary/aromatic N) is 2. The van der Waals surface area contributed by atoms with Gasteiger partial charge in [0.2, 0.25) is 15.9 Å². The highest BCUT2D eigenvalue weighted by Crippen LogP contribution is 2.47. The smallest absolute Gasteiger partial charge is 0.243 e. The van der Waals surface area contributed by atoms with Gasteiger partial charge >= 0.3 is 0 Å². The Kier molecular flexibility index (Phi) is 5.05. The number of hydrogen-bond donors (Lipinski definition) is 1. The van der Waals surface area contributed by atoms with Gasteiger partial charge in [-0.3, -0.25) is 4.79 Å². The molecule has 0 aliphatic heterocycles. The Hall–Kier alpha value is -2.69. The molecular formula is C20H21N3O3S. The van der Waals surface area contributed by atoms with Crippen LogP contribution in [0, 0.1) is 18.3 Å². The van der Waals surface area contributed by atoms with E-state index in [1.807, 2.05) is 19.1 Å². The minimum Gasteiger partial charge on any atom is -0.325 e. The largest absolute Gasteiger partial charge is 0.325 e. The van der Waals surface area contributed by atoms with Gasteiger partial charge in [0, 0.05) is 12.7 Å². The standard InChI is InChI=1S/C20H21N3O3S/c1-15-3-9-18(10-4-15)27(25,26)23(2)13-19(24)22-17-7-5-16(6-8-17)20(14-21)11-12-20/h3-10H,11-13H2,1-2H3,(H,22,24). The van der Waals surface area contributed by atoms with Crippen LogP contribution >= 0.6 is 0 Å². The van der Waals surface area contributed by atoms with E-state index in [2.05, 4.69) is 11.4 Å². The van der Waals surface area contributed by atoms with E-state index < -0.39 is 15.9 Å². The lowest BCUT2D eigenvalue weighted by Gasteiger charge is -2.17. The van der Waals surface area contributed by atoms with Gasteiger partial charge in [0.05, 0.1) is 22.9 Å². The molecule has 6 nitrogen and oxygen atoms in total. The van der Waals surface area contributed by atoms with E-state index in [1.165, 1.54) is 19.2 Å². The van der Waals surface area contributed by atoms with Crippen molar-refractivity contribution < 1.29 is 13.2 Å². The molecule has 0 unspecified atom stereocenters. The maximum atomic E-state index is 12.5. The number of amides is 1. The number of nitriles is 1. The molecule has 0 bridgehead atoms. The summed E-state index contributed by atoms with van der Waals surface area (Å²) >= 11 is 0. The maximum Gasteiger partial charge on any atom is 0.243 e. The summed E-state index contributed by atoms with van der Waals surface area (Å²) < 4.78 is 26.1. The van der Waals surface area contributed by atoms with E-state index in [1.54, 1.807) is 24.3 Å². The van der Waals surface area contributed by atoms with Crippen LogP contribution in [0.5, 0.6) is 0 Å². The number of sulfonamides is 1. The van der Waals surface area contributed by atoms with Crippen molar-refractivity contribution in [2.75, 3.05) is 18.9 Å². The first-order valence-corrected chi connectivity index (χ1v) is 10.1. The van der Waals surface area contributed by atoms with Gasteiger partial charge in [0.15, 0.2) is 0 Å². The summed E-state index contributed by atoms with van der Waals surface area (Å²) in [5.41, 5.74) is 2.10. The molecule has 0 spiro atoms. The van der Waals surface area contributed by atoms with Gasteiger partial charge in [-0.15, -0.1) is 0 Å². The zero-order valence-electron chi connectivity index (χ0n) is 15.3. The molecule has 0 saturated heterocycles. The van der Waals surface area contributed by atoms with E-state index in [0.29, 0.717) is 5.69 Å². The van der Waals surface area contributed by atoms with Crippen LogP contribution in [0.15, 0.2) is 53.4 Å². The fraction of sp³-hybridized carbons (Fsp3) is 0.300. The number of aryl methyl sites for hydroxylation is 1. The van der Waals surface area contributed by atoms with Crippen molar-refractivity contribution in [1.82, 2.24) is 4.31 Å². The molecule has 27 heavy (non-hydrogen) atoms. The van der Waals surface area contributed by atoms with E-state index >= 15 is 0 Å². The van der Waals surface area contributed by atoms with E-state index in [0.717, 1.165) is 28.3 Å². The van der Waals surface area contributed by atoms with Crippen molar-refractivity contribution in [1.29, 1.82) is 5.26 Å². The lowest BCUT2D eigenvalue weighted by atomic mass is 9.98. The van der Waals surface area contributed by atoms with E-state index in [4.69, 9.17) is 0 Å². The third kappa shape index (κ3) is 4.02. The number of anilines is 1. The molecular weight excluding hydrogens is 362 g/mol. The van der Waals surface area contributed by atoms with Crippen LogP contribution in [0.25, 0.3) is 0 Å². The monoisotopic (exact) mass is 383 g/mol. The van der Waals surface area contributed by atoms with Crippen molar-refractivity contribution in [3.05, 3.63) is 59.7 Å². The van der Waals surface area contributed by atoms with Gasteiger partial charge in [-0.1, -0.05) is 29.8 Å². The predicted octanol–water partition coefficient (Wildman–Crippen LogP) is 2.81. The Labute approximate surface area is 159 Å². The highest BCUT2D eigenvalue weighted by Gasteiger charge is 2.44. The van der Waals surface area contributed by atoms with Gasteiger partial charge in [-0.25, -0.2) is 8.42 Å². The van der Waals surface area contributed by atoms with E-state index in [-0.39, 0.29) is 16.9 Å². The first-order valence-electron chi connectivity index (χ1n) is 8.61. The molecule has 1 saturated carbocycles. The second-order valence-corrected chi connectivity index (χ2v) is 8.94. The second-order valence-electron chi connectivity index (χ2n) is 6.89. The van der Waals surface area contributed by atoms with Gasteiger partial charge in [-0.2, -0.15) is 9.57 Å². The van der Waals surface area contributed by atoms with Crippen molar-refractivity contribution >= 4 is 21.6 Å². The maximum absolute atomic E-state index is 12.5. The van der Waals surface area contributed by atoms with Crippen molar-refractivity contribution in [3.8, 4) is 6.07 Å². The normalized spacial score (nSPS) is 15.2. The molecule has 1 aliphatic carbocycles. The molecule has 2 aromatic carbocycles. The van der Waals surface area contributed by atoms with Crippen molar-refractivity contribution in [2.45, 2.75) is 30.1 Å². The van der Waals surface area contributed by atoms with Gasteiger partial charge in [-0.05, 0) is 49.6 Å². The Morgan fingerprint density at radius 3 is 2.26 bits per heavy atom. The molecule has 1 fully saturated rings. The molecule has 7 heteroatoms. The predicted molar refractivity (Wildman–Crippen MR) is 103 cm³/mol. The third-order valence-corrected chi connectivity index (χ3v) is 6.60. The average molecular weight is 383 g/mol. The lowest BCUT2D eigenvalue weighted by molar-refractivity contribution is -0.116. The molecule has 1 N–H and O–H groups in total. The highest BCUT2D eigenvalue weighted by atomic mass is 32.2. The van der Waals surface area contributed by atoms with Crippen LogP contribution in [0.2, 0.25) is 0 Å². The van der Waals surface area contributed by atoms with Crippen LogP contribution in [0.4, 0.5) is 5.69 Å². The van der Waals surface area contributed by atoms with Crippen LogP contribution in [0.3, 0.4) is 0 Å². The first kappa shape index (κ1) is 19.1. The molecule has 3 rings (SSSR count). The summed E-state index contributed by atoms with van der Waals surface area (Å²) in [5, 5.41) is 11.9. The zero-order chi connectivity index (χ0) is 19.7. The van der Waals surface area contributed by atoms with E-state index in [9.17, 15) is 18.5 Å². The number of benzene rings is 2. The number of nitrogens with one attached hydrogen (secondary N) is 1. The molecule has 0 heterocycles.